The number of carboxylic acid groups (broad SMARTS) is 1. The number of hydrogen-bond donors (Lipinski definition) is 4. The van der Waals surface area contributed by atoms with Gasteiger partial charge in [0.2, 0.25) is 11.9 Å². The molecule has 0 spiro atoms. The van der Waals surface area contributed by atoms with Crippen LogP contribution < -0.4 is 10.8 Å². The monoisotopic (exact) mass is 431 g/mol. The number of rotatable bonds is 12. The molecule has 2 aliphatic carbocycles. The number of hydrogen-bond acceptors (Lipinski definition) is 8. The third-order valence-corrected chi connectivity index (χ3v) is 6.28. The van der Waals surface area contributed by atoms with Crippen LogP contribution in [0.2, 0.25) is 0 Å². The fourth-order valence-electron chi connectivity index (χ4n) is 4.49. The van der Waals surface area contributed by atoms with Gasteiger partial charge in [0.25, 0.3) is 0 Å². The van der Waals surface area contributed by atoms with E-state index in [-0.39, 0.29) is 31.1 Å². The van der Waals surface area contributed by atoms with Crippen LogP contribution in [0.5, 0.6) is 0 Å². The fraction of sp³-hybridized carbons (Fsp3) is 0.895. The van der Waals surface area contributed by atoms with Crippen LogP contribution in [0.1, 0.15) is 51.4 Å². The van der Waals surface area contributed by atoms with E-state index in [0.717, 1.165) is 25.7 Å². The van der Waals surface area contributed by atoms with E-state index >= 15 is 0 Å². The van der Waals surface area contributed by atoms with Crippen molar-refractivity contribution in [3.63, 3.8) is 0 Å². The molecule has 2 rings (SSSR count). The van der Waals surface area contributed by atoms with Gasteiger partial charge in [-0.2, -0.15) is 0 Å². The lowest BCUT2D eigenvalue weighted by Crippen LogP contribution is -2.44. The number of nitro groups is 1. The van der Waals surface area contributed by atoms with E-state index in [1.54, 1.807) is 0 Å². The summed E-state index contributed by atoms with van der Waals surface area (Å²) in [5.41, 5.74) is 2.87. The van der Waals surface area contributed by atoms with Crippen molar-refractivity contribution in [1.29, 1.82) is 0 Å². The average molecular weight is 431 g/mol. The molecule has 0 aliphatic heterocycles. The van der Waals surface area contributed by atoms with Crippen molar-refractivity contribution in [2.75, 3.05) is 26.3 Å². The molecule has 11 heteroatoms. The number of carbonyl (C=O) groups excluding carboxylic acids is 1. The van der Waals surface area contributed by atoms with Crippen molar-refractivity contribution in [3.8, 4) is 0 Å². The van der Waals surface area contributed by atoms with Crippen LogP contribution in [0.3, 0.4) is 0 Å². The van der Waals surface area contributed by atoms with E-state index in [1.807, 2.05) is 0 Å². The highest BCUT2D eigenvalue weighted by molar-refractivity contribution is 5.84. The molecule has 0 saturated heterocycles. The zero-order chi connectivity index (χ0) is 21.9. The van der Waals surface area contributed by atoms with Crippen molar-refractivity contribution in [2.24, 2.45) is 23.7 Å². The largest absolute Gasteiger partial charge is 0.481 e. The summed E-state index contributed by atoms with van der Waals surface area (Å²) in [6.45, 7) is 1.73. The second-order valence-corrected chi connectivity index (χ2v) is 8.25. The van der Waals surface area contributed by atoms with Crippen molar-refractivity contribution >= 4 is 11.9 Å². The average Bonchev–Trinajstić information content (AvgIpc) is 2.73. The highest BCUT2D eigenvalue weighted by Crippen LogP contribution is 2.32. The molecule has 0 bridgehead atoms. The van der Waals surface area contributed by atoms with Crippen LogP contribution in [0.4, 0.5) is 0 Å². The molecular weight excluding hydrogens is 398 g/mol. The molecule has 5 unspecified atom stereocenters. The van der Waals surface area contributed by atoms with E-state index in [1.165, 1.54) is 0 Å². The molecular formula is C19H33N3O8. The third kappa shape index (κ3) is 7.46. The molecule has 30 heavy (non-hydrogen) atoms. The molecule has 1 amide bonds. The summed E-state index contributed by atoms with van der Waals surface area (Å²) in [7, 11) is 0. The minimum absolute atomic E-state index is 0.112. The van der Waals surface area contributed by atoms with Gasteiger partial charge in [-0.05, 0) is 37.5 Å². The van der Waals surface area contributed by atoms with Crippen LogP contribution >= 0.6 is 0 Å². The Hall–Kier alpha value is -1.82. The Balaban J connectivity index is 1.61. The summed E-state index contributed by atoms with van der Waals surface area (Å²) < 4.78 is 0. The predicted octanol–water partition coefficient (Wildman–Crippen LogP) is 1.46. The minimum atomic E-state index is -1.16. The van der Waals surface area contributed by atoms with Gasteiger partial charge in [0, 0.05) is 30.9 Å². The van der Waals surface area contributed by atoms with Gasteiger partial charge < -0.3 is 15.3 Å². The minimum Gasteiger partial charge on any atom is -0.481 e. The van der Waals surface area contributed by atoms with Crippen molar-refractivity contribution in [3.05, 3.63) is 10.1 Å². The molecule has 4 N–H and O–H groups in total. The maximum absolute atomic E-state index is 12.4. The van der Waals surface area contributed by atoms with Crippen LogP contribution in [0.15, 0.2) is 0 Å². The standard InChI is InChI=1S/C19H33N3O8/c23-18(16-7-6-15(22(26)27)10-17(16)19(24)25)20-8-3-9-21-29-11-13-4-1-2-5-14(13)12-30-28/h13-17,21,28H,1-12H2,(H,20,23)(H,24,25). The van der Waals surface area contributed by atoms with Gasteiger partial charge >= 0.3 is 5.97 Å². The number of hydroxylamine groups is 1. The molecule has 5 atom stereocenters. The van der Waals surface area contributed by atoms with Crippen molar-refractivity contribution in [1.82, 2.24) is 10.8 Å². The SMILES string of the molecule is O=C(O)C1CC([N+](=O)[O-])CCC1C(=O)NCCCNOCC1CCCCC1COO. The number of aliphatic carboxylic acids is 1. The second-order valence-electron chi connectivity index (χ2n) is 8.25. The second kappa shape index (κ2) is 12.8. The molecule has 11 nitrogen and oxygen atoms in total. The molecule has 172 valence electrons. The highest BCUT2D eigenvalue weighted by Gasteiger charge is 2.43. The first-order valence-corrected chi connectivity index (χ1v) is 10.7. The smallest absolute Gasteiger partial charge is 0.307 e. The predicted molar refractivity (Wildman–Crippen MR) is 105 cm³/mol. The topological polar surface area (TPSA) is 160 Å². The zero-order valence-electron chi connectivity index (χ0n) is 17.2. The van der Waals surface area contributed by atoms with Crippen LogP contribution in [0, 0.1) is 33.8 Å². The highest BCUT2D eigenvalue weighted by atomic mass is 17.1. The van der Waals surface area contributed by atoms with Gasteiger partial charge in [-0.3, -0.25) is 25.0 Å². The first kappa shape index (κ1) is 24.4. The van der Waals surface area contributed by atoms with Gasteiger partial charge in [-0.1, -0.05) is 12.8 Å². The van der Waals surface area contributed by atoms with E-state index in [4.69, 9.17) is 10.1 Å². The Morgan fingerprint density at radius 1 is 1.03 bits per heavy atom. The lowest BCUT2D eigenvalue weighted by Gasteiger charge is -2.30. The van der Waals surface area contributed by atoms with Crippen LogP contribution in [0.25, 0.3) is 0 Å². The number of nitrogens with zero attached hydrogens (tertiary/aromatic N) is 1. The molecule has 2 fully saturated rings. The Morgan fingerprint density at radius 2 is 1.73 bits per heavy atom. The van der Waals surface area contributed by atoms with Crippen LogP contribution in [-0.2, 0) is 19.3 Å². The lowest BCUT2D eigenvalue weighted by molar-refractivity contribution is -0.528. The summed E-state index contributed by atoms with van der Waals surface area (Å²) in [5.74, 6) is -2.66. The molecule has 0 radical (unpaired) electrons. The maximum Gasteiger partial charge on any atom is 0.307 e. The first-order valence-electron chi connectivity index (χ1n) is 10.7. The quantitative estimate of drug-likeness (QED) is 0.155. The Bertz CT molecular complexity index is 574. The third-order valence-electron chi connectivity index (χ3n) is 6.28. The molecule has 2 aliphatic rings. The normalized spacial score (nSPS) is 29.3. The van der Waals surface area contributed by atoms with Crippen LogP contribution in [-0.4, -0.2) is 59.5 Å². The molecule has 0 aromatic heterocycles. The number of carbonyl (C=O) groups is 2. The van der Waals surface area contributed by atoms with Gasteiger partial charge in [-0.15, -0.1) is 0 Å². The summed E-state index contributed by atoms with van der Waals surface area (Å²) in [6.07, 6.45) is 5.23. The zero-order valence-corrected chi connectivity index (χ0v) is 17.2. The maximum atomic E-state index is 12.4. The van der Waals surface area contributed by atoms with Crippen molar-refractivity contribution < 1.29 is 34.6 Å². The lowest BCUT2D eigenvalue weighted by atomic mass is 9.76. The molecule has 0 heterocycles. The Morgan fingerprint density at radius 3 is 2.37 bits per heavy atom. The number of carboxylic acids is 1. The summed E-state index contributed by atoms with van der Waals surface area (Å²) in [6, 6.07) is -0.899. The van der Waals surface area contributed by atoms with Gasteiger partial charge in [-0.25, -0.2) is 10.4 Å². The van der Waals surface area contributed by atoms with Gasteiger partial charge in [0.05, 0.1) is 25.0 Å². The number of nitrogens with one attached hydrogen (secondary N) is 2. The molecule has 2 saturated carbocycles. The Labute approximate surface area is 175 Å². The Kier molecular flexibility index (Phi) is 10.4. The first-order chi connectivity index (χ1) is 14.4. The van der Waals surface area contributed by atoms with E-state index in [2.05, 4.69) is 15.7 Å². The van der Waals surface area contributed by atoms with Gasteiger partial charge in [0.1, 0.15) is 0 Å². The summed E-state index contributed by atoms with van der Waals surface area (Å²) in [5, 5.41) is 31.7. The van der Waals surface area contributed by atoms with E-state index in [9.17, 15) is 24.8 Å². The fourth-order valence-corrected chi connectivity index (χ4v) is 4.49. The van der Waals surface area contributed by atoms with Crippen molar-refractivity contribution in [2.45, 2.75) is 57.4 Å². The van der Waals surface area contributed by atoms with Gasteiger partial charge in [0.15, 0.2) is 0 Å². The molecule has 0 aromatic carbocycles. The molecule has 0 aromatic rings. The van der Waals surface area contributed by atoms with E-state index in [0.29, 0.717) is 38.6 Å². The summed E-state index contributed by atoms with van der Waals surface area (Å²) >= 11 is 0. The number of amides is 1. The van der Waals surface area contributed by atoms with E-state index < -0.39 is 28.8 Å². The summed E-state index contributed by atoms with van der Waals surface area (Å²) in [4.78, 5) is 44.1.